The Kier molecular flexibility index (Phi) is 3.25. The quantitative estimate of drug-likeness (QED) is 0.675. The molecule has 0 atom stereocenters. The van der Waals surface area contributed by atoms with Gasteiger partial charge in [0.05, 0.1) is 23.1 Å². The van der Waals surface area contributed by atoms with Gasteiger partial charge in [0.2, 0.25) is 0 Å². The van der Waals surface area contributed by atoms with Gasteiger partial charge in [-0.1, -0.05) is 6.07 Å². The van der Waals surface area contributed by atoms with Crippen molar-refractivity contribution >= 4 is 17.1 Å². The van der Waals surface area contributed by atoms with E-state index in [0.29, 0.717) is 22.3 Å². The van der Waals surface area contributed by atoms with Crippen LogP contribution >= 0.6 is 0 Å². The highest BCUT2D eigenvalue weighted by Gasteiger charge is 2.24. The van der Waals surface area contributed by atoms with Crippen LogP contribution in [0, 0.1) is 20.8 Å². The first-order valence-electron chi connectivity index (χ1n) is 7.18. The third kappa shape index (κ3) is 2.11. The summed E-state index contributed by atoms with van der Waals surface area (Å²) in [6, 6.07) is 3.45. The van der Waals surface area contributed by atoms with Crippen molar-refractivity contribution in [2.75, 3.05) is 5.73 Å². The van der Waals surface area contributed by atoms with Crippen molar-refractivity contribution in [3.8, 4) is 16.9 Å². The van der Waals surface area contributed by atoms with E-state index in [1.54, 1.807) is 22.9 Å². The first kappa shape index (κ1) is 14.9. The summed E-state index contributed by atoms with van der Waals surface area (Å²) in [5.74, 6) is -0.435. The predicted molar refractivity (Wildman–Crippen MR) is 89.4 cm³/mol. The van der Waals surface area contributed by atoms with Crippen LogP contribution in [0.3, 0.4) is 0 Å². The van der Waals surface area contributed by atoms with E-state index < -0.39 is 5.91 Å². The van der Waals surface area contributed by atoms with Gasteiger partial charge in [-0.3, -0.25) is 9.78 Å². The maximum atomic E-state index is 11.9. The molecule has 1 amide bonds. The number of phenolic OH excluding ortho intramolecular Hbond substituents is 1. The number of anilines is 1. The second-order valence-electron chi connectivity index (χ2n) is 5.69. The topological polar surface area (TPSA) is 107 Å². The van der Waals surface area contributed by atoms with E-state index in [1.807, 2.05) is 26.8 Å². The fourth-order valence-corrected chi connectivity index (χ4v) is 3.01. The normalized spacial score (nSPS) is 11.1. The summed E-state index contributed by atoms with van der Waals surface area (Å²) in [5, 5.41) is 10.1. The van der Waals surface area contributed by atoms with Gasteiger partial charge in [-0.05, 0) is 43.5 Å². The van der Waals surface area contributed by atoms with Gasteiger partial charge in [0.25, 0.3) is 5.91 Å². The van der Waals surface area contributed by atoms with E-state index in [1.165, 1.54) is 0 Å². The van der Waals surface area contributed by atoms with Gasteiger partial charge >= 0.3 is 0 Å². The number of benzene rings is 1. The second kappa shape index (κ2) is 5.01. The lowest BCUT2D eigenvalue weighted by atomic mass is 9.94. The molecule has 2 heterocycles. The van der Waals surface area contributed by atoms with Gasteiger partial charge in [0.1, 0.15) is 11.4 Å². The van der Waals surface area contributed by atoms with Gasteiger partial charge in [-0.25, -0.2) is 0 Å². The minimum atomic E-state index is -0.607. The summed E-state index contributed by atoms with van der Waals surface area (Å²) < 4.78 is 1.66. The standard InChI is InChI=1S/C17H18N4O2/c1-8-4-5-12(22)10(3)13(8)14-11-6-20-9(2)7-21(11)16(15(14)18)17(19)23/h4-7,22H,18H2,1-3H3,(H2,19,23). The van der Waals surface area contributed by atoms with E-state index in [-0.39, 0.29) is 11.4 Å². The lowest BCUT2D eigenvalue weighted by Crippen LogP contribution is -2.15. The maximum absolute atomic E-state index is 11.9. The van der Waals surface area contributed by atoms with Gasteiger partial charge in [0, 0.05) is 11.8 Å². The first-order valence-corrected chi connectivity index (χ1v) is 7.18. The van der Waals surface area contributed by atoms with E-state index in [0.717, 1.165) is 16.8 Å². The highest BCUT2D eigenvalue weighted by molar-refractivity contribution is 6.06. The molecule has 0 aliphatic heterocycles. The minimum absolute atomic E-state index is 0.171. The number of amides is 1. The third-order valence-corrected chi connectivity index (χ3v) is 4.12. The van der Waals surface area contributed by atoms with Gasteiger partial charge < -0.3 is 21.0 Å². The molecule has 0 saturated carbocycles. The molecule has 0 aliphatic rings. The number of primary amides is 1. The molecule has 6 nitrogen and oxygen atoms in total. The number of aromatic nitrogens is 2. The molecule has 0 unspecified atom stereocenters. The van der Waals surface area contributed by atoms with Crippen LogP contribution in [-0.4, -0.2) is 20.4 Å². The Bertz CT molecular complexity index is 957. The summed E-state index contributed by atoms with van der Waals surface area (Å²) in [6.45, 7) is 5.56. The Morgan fingerprint density at radius 1 is 1.22 bits per heavy atom. The van der Waals surface area contributed by atoms with Crippen molar-refractivity contribution in [3.05, 3.63) is 47.0 Å². The minimum Gasteiger partial charge on any atom is -0.508 e. The number of aromatic hydroxyl groups is 1. The molecule has 3 rings (SSSR count). The summed E-state index contributed by atoms with van der Waals surface area (Å²) in [6.07, 6.45) is 3.39. The van der Waals surface area contributed by atoms with Crippen molar-refractivity contribution < 1.29 is 9.90 Å². The Morgan fingerprint density at radius 2 is 1.91 bits per heavy atom. The number of nitrogens with zero attached hydrogens (tertiary/aromatic N) is 2. The molecule has 5 N–H and O–H groups in total. The number of fused-ring (bicyclic) bond motifs is 1. The molecule has 6 heteroatoms. The second-order valence-corrected chi connectivity index (χ2v) is 5.69. The number of nitrogen functional groups attached to an aromatic ring is 1. The Labute approximate surface area is 133 Å². The number of carbonyl (C=O) groups is 1. The SMILES string of the molecule is Cc1cn2c(C(N)=O)c(N)c(-c3c(C)ccc(O)c3C)c2cn1. The monoisotopic (exact) mass is 310 g/mol. The number of phenols is 1. The number of aryl methyl sites for hydroxylation is 2. The van der Waals surface area contributed by atoms with Crippen LogP contribution in [-0.2, 0) is 0 Å². The van der Waals surface area contributed by atoms with Crippen molar-refractivity contribution in [2.24, 2.45) is 5.73 Å². The Hall–Kier alpha value is -3.02. The van der Waals surface area contributed by atoms with Crippen molar-refractivity contribution in [2.45, 2.75) is 20.8 Å². The summed E-state index contributed by atoms with van der Waals surface area (Å²) >= 11 is 0. The smallest absolute Gasteiger partial charge is 0.267 e. The zero-order valence-electron chi connectivity index (χ0n) is 13.2. The predicted octanol–water partition coefficient (Wildman–Crippen LogP) is 2.31. The average Bonchev–Trinajstić information content (AvgIpc) is 2.75. The maximum Gasteiger partial charge on any atom is 0.267 e. The van der Waals surface area contributed by atoms with Crippen LogP contribution in [0.1, 0.15) is 27.3 Å². The van der Waals surface area contributed by atoms with E-state index in [4.69, 9.17) is 11.5 Å². The summed E-state index contributed by atoms with van der Waals surface area (Å²) in [7, 11) is 0. The molecule has 0 spiro atoms. The van der Waals surface area contributed by atoms with Crippen LogP contribution < -0.4 is 11.5 Å². The Morgan fingerprint density at radius 3 is 2.57 bits per heavy atom. The molecule has 23 heavy (non-hydrogen) atoms. The number of carbonyl (C=O) groups excluding carboxylic acids is 1. The zero-order chi connectivity index (χ0) is 16.9. The summed E-state index contributed by atoms with van der Waals surface area (Å²) in [4.78, 5) is 16.2. The third-order valence-electron chi connectivity index (χ3n) is 4.12. The fraction of sp³-hybridized carbons (Fsp3) is 0.176. The zero-order valence-corrected chi connectivity index (χ0v) is 13.2. The lowest BCUT2D eigenvalue weighted by molar-refractivity contribution is 0.0995. The van der Waals surface area contributed by atoms with Crippen LogP contribution in [0.25, 0.3) is 16.6 Å². The first-order chi connectivity index (χ1) is 10.8. The lowest BCUT2D eigenvalue weighted by Gasteiger charge is -2.12. The van der Waals surface area contributed by atoms with Crippen molar-refractivity contribution in [3.63, 3.8) is 0 Å². The molecular formula is C17H18N4O2. The number of hydrogen-bond acceptors (Lipinski definition) is 4. The molecule has 0 aliphatic carbocycles. The highest BCUT2D eigenvalue weighted by Crippen LogP contribution is 2.41. The van der Waals surface area contributed by atoms with Crippen LogP contribution in [0.2, 0.25) is 0 Å². The molecule has 1 aromatic carbocycles. The van der Waals surface area contributed by atoms with Gasteiger partial charge in [-0.15, -0.1) is 0 Å². The van der Waals surface area contributed by atoms with Gasteiger partial charge in [-0.2, -0.15) is 0 Å². The molecule has 0 bridgehead atoms. The van der Waals surface area contributed by atoms with E-state index in [2.05, 4.69) is 4.98 Å². The van der Waals surface area contributed by atoms with E-state index >= 15 is 0 Å². The average molecular weight is 310 g/mol. The van der Waals surface area contributed by atoms with Crippen LogP contribution in [0.15, 0.2) is 24.5 Å². The number of nitrogens with two attached hydrogens (primary N) is 2. The largest absolute Gasteiger partial charge is 0.508 e. The van der Waals surface area contributed by atoms with Crippen molar-refractivity contribution in [1.29, 1.82) is 0 Å². The summed E-state index contributed by atoms with van der Waals surface area (Å²) in [5.41, 5.74) is 16.8. The molecule has 0 radical (unpaired) electrons. The van der Waals surface area contributed by atoms with Crippen LogP contribution in [0.5, 0.6) is 5.75 Å². The molecule has 3 aromatic rings. The number of hydrogen-bond donors (Lipinski definition) is 3. The number of rotatable bonds is 2. The Balaban J connectivity index is 2.52. The van der Waals surface area contributed by atoms with E-state index in [9.17, 15) is 9.90 Å². The molecule has 118 valence electrons. The van der Waals surface area contributed by atoms with Gasteiger partial charge in [0.15, 0.2) is 0 Å². The van der Waals surface area contributed by atoms with Crippen LogP contribution in [0.4, 0.5) is 5.69 Å². The highest BCUT2D eigenvalue weighted by atomic mass is 16.3. The molecule has 0 fully saturated rings. The molecular weight excluding hydrogens is 292 g/mol. The molecule has 0 saturated heterocycles. The fourth-order valence-electron chi connectivity index (χ4n) is 3.01. The van der Waals surface area contributed by atoms with Crippen molar-refractivity contribution in [1.82, 2.24) is 9.38 Å². The molecule has 2 aromatic heterocycles.